The van der Waals surface area contributed by atoms with E-state index in [4.69, 9.17) is 5.73 Å². The Bertz CT molecular complexity index is 485. The average Bonchev–Trinajstić information content (AvgIpc) is 2.94. The number of halogens is 1. The van der Waals surface area contributed by atoms with Crippen LogP contribution in [0.25, 0.3) is 0 Å². The molecule has 0 saturated carbocycles. The van der Waals surface area contributed by atoms with Crippen LogP contribution in [0.5, 0.6) is 0 Å². The largest absolute Gasteiger partial charge is 0.337 e. The molecule has 0 aliphatic rings. The maximum atomic E-state index is 11.9. The molecule has 22 heavy (non-hydrogen) atoms. The van der Waals surface area contributed by atoms with Crippen molar-refractivity contribution in [2.45, 2.75) is 19.4 Å². The van der Waals surface area contributed by atoms with E-state index in [2.05, 4.69) is 26.0 Å². The molecule has 0 bridgehead atoms. The van der Waals surface area contributed by atoms with E-state index in [1.54, 1.807) is 11.6 Å². The highest BCUT2D eigenvalue weighted by Gasteiger charge is 2.21. The van der Waals surface area contributed by atoms with Crippen molar-refractivity contribution in [3.8, 4) is 0 Å². The van der Waals surface area contributed by atoms with E-state index in [0.29, 0.717) is 18.1 Å². The summed E-state index contributed by atoms with van der Waals surface area (Å²) >= 11 is 1.32. The third-order valence-corrected chi connectivity index (χ3v) is 3.36. The fourth-order valence-corrected chi connectivity index (χ4v) is 1.99. The van der Waals surface area contributed by atoms with Crippen LogP contribution in [0.1, 0.15) is 13.3 Å². The number of hydrogen-bond acceptors (Lipinski definition) is 8. The minimum Gasteiger partial charge on any atom is -0.337 e. The molecule has 0 aliphatic heterocycles. The SMILES string of the molecule is C[C@H](CCNCN=N[N+](=O)[O-])[C@H](N)C(=O)Nc1nccs1.Cl. The normalized spacial score (nSPS) is 13.4. The predicted molar refractivity (Wildman–Crippen MR) is 84.5 cm³/mol. The molecule has 0 aliphatic carbocycles. The lowest BCUT2D eigenvalue weighted by Crippen LogP contribution is -2.41. The molecule has 1 heterocycles. The van der Waals surface area contributed by atoms with Crippen molar-refractivity contribution in [2.75, 3.05) is 18.5 Å². The Morgan fingerprint density at radius 2 is 2.36 bits per heavy atom. The molecule has 0 spiro atoms. The Hall–Kier alpha value is -1.69. The molecule has 12 heteroatoms. The number of nitrogens with zero attached hydrogens (tertiary/aromatic N) is 4. The van der Waals surface area contributed by atoms with E-state index >= 15 is 0 Å². The molecule has 1 amide bonds. The number of aromatic nitrogens is 1. The van der Waals surface area contributed by atoms with Gasteiger partial charge < -0.3 is 21.2 Å². The van der Waals surface area contributed by atoms with Gasteiger partial charge in [-0.15, -0.1) is 23.7 Å². The van der Waals surface area contributed by atoms with Gasteiger partial charge in [0.1, 0.15) is 0 Å². The van der Waals surface area contributed by atoms with Crippen molar-refractivity contribution < 1.29 is 9.83 Å². The van der Waals surface area contributed by atoms with Gasteiger partial charge in [0.2, 0.25) is 12.6 Å². The number of hydrogen-bond donors (Lipinski definition) is 3. The topological polar surface area (TPSA) is 148 Å². The summed E-state index contributed by atoms with van der Waals surface area (Å²) in [4.78, 5) is 25.7. The zero-order valence-electron chi connectivity index (χ0n) is 11.8. The number of nitrogens with one attached hydrogen (secondary N) is 2. The zero-order valence-corrected chi connectivity index (χ0v) is 13.5. The van der Waals surface area contributed by atoms with E-state index in [9.17, 15) is 14.9 Å². The molecule has 124 valence electrons. The Kier molecular flexibility index (Phi) is 10.1. The van der Waals surface area contributed by atoms with Crippen LogP contribution < -0.4 is 16.4 Å². The first kappa shape index (κ1) is 20.3. The van der Waals surface area contributed by atoms with Gasteiger partial charge in [0.05, 0.1) is 16.2 Å². The molecule has 4 N–H and O–H groups in total. The molecule has 2 atom stereocenters. The molecular weight excluding hydrogens is 334 g/mol. The number of carbonyl (C=O) groups excluding carboxylic acids is 1. The minimum atomic E-state index is -0.872. The van der Waals surface area contributed by atoms with E-state index in [1.165, 1.54) is 11.3 Å². The Morgan fingerprint density at radius 1 is 1.64 bits per heavy atom. The number of nitro groups is 1. The van der Waals surface area contributed by atoms with Crippen LogP contribution in [0.3, 0.4) is 0 Å². The summed E-state index contributed by atoms with van der Waals surface area (Å²) in [5.41, 5.74) is 5.86. The summed E-state index contributed by atoms with van der Waals surface area (Å²) in [6.07, 6.45) is 2.22. The van der Waals surface area contributed by atoms with Crippen LogP contribution in [0, 0.1) is 16.0 Å². The Labute approximate surface area is 137 Å². The highest BCUT2D eigenvalue weighted by Crippen LogP contribution is 2.13. The summed E-state index contributed by atoms with van der Waals surface area (Å²) in [6, 6.07) is -0.656. The number of rotatable bonds is 9. The van der Waals surface area contributed by atoms with Crippen LogP contribution >= 0.6 is 23.7 Å². The van der Waals surface area contributed by atoms with Gasteiger partial charge in [-0.05, 0) is 18.9 Å². The number of anilines is 1. The second kappa shape index (κ2) is 11.0. The van der Waals surface area contributed by atoms with Crippen molar-refractivity contribution in [1.29, 1.82) is 0 Å². The summed E-state index contributed by atoms with van der Waals surface area (Å²) in [5.74, 6) is -0.351. The van der Waals surface area contributed by atoms with Crippen molar-refractivity contribution in [3.05, 3.63) is 21.7 Å². The van der Waals surface area contributed by atoms with Crippen LogP contribution in [0.2, 0.25) is 0 Å². The fourth-order valence-electron chi connectivity index (χ4n) is 1.45. The van der Waals surface area contributed by atoms with Gasteiger partial charge in [0, 0.05) is 11.6 Å². The third-order valence-electron chi connectivity index (χ3n) is 2.67. The second-order valence-electron chi connectivity index (χ2n) is 4.25. The summed E-state index contributed by atoms with van der Waals surface area (Å²) in [6.45, 7) is 2.43. The van der Waals surface area contributed by atoms with Gasteiger partial charge in [-0.25, -0.2) is 4.98 Å². The maximum absolute atomic E-state index is 11.9. The molecule has 10 nitrogen and oxygen atoms in total. The van der Waals surface area contributed by atoms with E-state index < -0.39 is 11.1 Å². The lowest BCUT2D eigenvalue weighted by Gasteiger charge is -2.18. The van der Waals surface area contributed by atoms with Crippen LogP contribution in [-0.2, 0) is 4.79 Å². The van der Waals surface area contributed by atoms with Gasteiger partial charge in [0.25, 0.3) is 0 Å². The summed E-state index contributed by atoms with van der Waals surface area (Å²) in [5, 5.41) is 22.8. The van der Waals surface area contributed by atoms with E-state index in [0.717, 1.165) is 0 Å². The van der Waals surface area contributed by atoms with E-state index in [1.807, 2.05) is 6.92 Å². The fraction of sp³-hybridized carbons (Fsp3) is 0.600. The number of thiazole rings is 1. The Balaban J connectivity index is 0.00000441. The highest BCUT2D eigenvalue weighted by atomic mass is 35.5. The van der Waals surface area contributed by atoms with Gasteiger partial charge in [0.15, 0.2) is 10.4 Å². The first-order valence-electron chi connectivity index (χ1n) is 6.19. The van der Waals surface area contributed by atoms with Gasteiger partial charge in [-0.1, -0.05) is 6.92 Å². The van der Waals surface area contributed by atoms with Gasteiger partial charge in [-0.2, -0.15) is 0 Å². The Morgan fingerprint density at radius 3 is 2.95 bits per heavy atom. The van der Waals surface area contributed by atoms with Crippen LogP contribution in [-0.4, -0.2) is 35.2 Å². The molecule has 1 aromatic rings. The summed E-state index contributed by atoms with van der Waals surface area (Å²) in [7, 11) is 0. The minimum absolute atomic E-state index is 0. The molecular formula is C10H18ClN7O3S. The molecule has 0 fully saturated rings. The molecule has 0 unspecified atom stereocenters. The first-order valence-corrected chi connectivity index (χ1v) is 7.07. The average molecular weight is 352 g/mol. The number of carbonyl (C=O) groups is 1. The predicted octanol–water partition coefficient (Wildman–Crippen LogP) is 1.05. The van der Waals surface area contributed by atoms with Gasteiger partial charge >= 0.3 is 0 Å². The zero-order chi connectivity index (χ0) is 15.7. The molecule has 1 rings (SSSR count). The van der Waals surface area contributed by atoms with Crippen molar-refractivity contribution in [1.82, 2.24) is 10.3 Å². The highest BCUT2D eigenvalue weighted by molar-refractivity contribution is 7.13. The smallest absolute Gasteiger partial charge is 0.243 e. The van der Waals surface area contributed by atoms with Crippen LogP contribution in [0.4, 0.5) is 5.13 Å². The van der Waals surface area contributed by atoms with E-state index in [-0.39, 0.29) is 30.9 Å². The third kappa shape index (κ3) is 7.93. The van der Waals surface area contributed by atoms with Gasteiger partial charge in [-0.3, -0.25) is 10.1 Å². The first-order chi connectivity index (χ1) is 10.0. The summed E-state index contributed by atoms with van der Waals surface area (Å²) < 4.78 is 0. The molecule has 1 aromatic heterocycles. The quantitative estimate of drug-likeness (QED) is 0.262. The number of amides is 1. The maximum Gasteiger partial charge on any atom is 0.243 e. The number of nitrogens with two attached hydrogens (primary N) is 1. The molecule has 0 radical (unpaired) electrons. The molecule has 0 saturated heterocycles. The van der Waals surface area contributed by atoms with Crippen molar-refractivity contribution >= 4 is 34.8 Å². The second-order valence-corrected chi connectivity index (χ2v) is 5.14. The standard InChI is InChI=1S/C10H17N7O3S.ClH/c1-7(2-3-12-6-14-16-17(19)20)8(11)9(18)15-10-13-4-5-21-10;/h4-5,7-8,12H,2-3,6,11H2,1H3,(H,13,15,18);1H/t7-,8+;/m1./s1. The van der Waals surface area contributed by atoms with Crippen molar-refractivity contribution in [2.24, 2.45) is 22.0 Å². The monoisotopic (exact) mass is 351 g/mol. The van der Waals surface area contributed by atoms with Crippen LogP contribution in [0.15, 0.2) is 21.9 Å². The lowest BCUT2D eigenvalue weighted by atomic mass is 9.98. The lowest BCUT2D eigenvalue weighted by molar-refractivity contribution is -0.494. The van der Waals surface area contributed by atoms with Crippen molar-refractivity contribution in [3.63, 3.8) is 0 Å². The molecule has 0 aromatic carbocycles.